The van der Waals surface area contributed by atoms with Gasteiger partial charge < -0.3 is 11.1 Å². The van der Waals surface area contributed by atoms with E-state index in [2.05, 4.69) is 5.32 Å². The van der Waals surface area contributed by atoms with Crippen molar-refractivity contribution >= 4 is 17.5 Å². The van der Waals surface area contributed by atoms with Gasteiger partial charge in [-0.25, -0.2) is 8.78 Å². The minimum absolute atomic E-state index is 0.0488. The van der Waals surface area contributed by atoms with Crippen molar-refractivity contribution in [1.29, 1.82) is 0 Å². The normalized spacial score (nSPS) is 10.4. The molecule has 0 unspecified atom stereocenters. The fourth-order valence-electron chi connectivity index (χ4n) is 2.29. The maximum atomic E-state index is 13.5. The number of amides is 2. The van der Waals surface area contributed by atoms with E-state index in [4.69, 9.17) is 5.73 Å². The molecule has 0 heterocycles. The summed E-state index contributed by atoms with van der Waals surface area (Å²) in [6.07, 6.45) is -0.000333. The Morgan fingerprint density at radius 1 is 1.17 bits per heavy atom. The van der Waals surface area contributed by atoms with Crippen LogP contribution in [0.25, 0.3) is 0 Å². The Bertz CT molecular complexity index is 760. The molecule has 0 spiro atoms. The zero-order valence-corrected chi connectivity index (χ0v) is 12.5. The van der Waals surface area contributed by atoms with Gasteiger partial charge in [-0.15, -0.1) is 0 Å². The van der Waals surface area contributed by atoms with E-state index < -0.39 is 23.4 Å². The van der Waals surface area contributed by atoms with Crippen molar-refractivity contribution in [2.75, 3.05) is 5.32 Å². The molecule has 0 fully saturated rings. The molecule has 120 valence electrons. The van der Waals surface area contributed by atoms with Gasteiger partial charge in [0.2, 0.25) is 5.91 Å². The Labute approximate surface area is 132 Å². The first-order valence-electron chi connectivity index (χ1n) is 7.01. The van der Waals surface area contributed by atoms with Crippen molar-refractivity contribution in [1.82, 2.24) is 0 Å². The number of carbonyl (C=O) groups excluding carboxylic acids is 2. The van der Waals surface area contributed by atoms with Crippen LogP contribution in [-0.2, 0) is 11.2 Å². The number of aryl methyl sites for hydroxylation is 2. The number of carbonyl (C=O) groups is 2. The first kappa shape index (κ1) is 16.6. The van der Waals surface area contributed by atoms with Crippen molar-refractivity contribution in [2.24, 2.45) is 5.73 Å². The van der Waals surface area contributed by atoms with Gasteiger partial charge >= 0.3 is 0 Å². The number of rotatable bonds is 5. The molecule has 0 saturated carbocycles. The average Bonchev–Trinajstić information content (AvgIpc) is 2.48. The number of hydrogen-bond acceptors (Lipinski definition) is 2. The van der Waals surface area contributed by atoms with Crippen LogP contribution in [-0.4, -0.2) is 11.8 Å². The molecule has 23 heavy (non-hydrogen) atoms. The van der Waals surface area contributed by atoms with Crippen molar-refractivity contribution in [2.45, 2.75) is 19.8 Å². The highest BCUT2D eigenvalue weighted by Crippen LogP contribution is 2.19. The number of hydrogen-bond donors (Lipinski definition) is 2. The maximum Gasteiger partial charge on any atom is 0.251 e. The smallest absolute Gasteiger partial charge is 0.251 e. The van der Waals surface area contributed by atoms with Crippen LogP contribution >= 0.6 is 0 Å². The van der Waals surface area contributed by atoms with Crippen molar-refractivity contribution < 1.29 is 18.4 Å². The summed E-state index contributed by atoms with van der Waals surface area (Å²) in [7, 11) is 0. The van der Waals surface area contributed by atoms with Gasteiger partial charge in [-0.05, 0) is 48.7 Å². The van der Waals surface area contributed by atoms with E-state index in [0.717, 1.165) is 18.2 Å². The van der Waals surface area contributed by atoms with Gasteiger partial charge in [-0.1, -0.05) is 12.1 Å². The Balaban J connectivity index is 2.07. The van der Waals surface area contributed by atoms with Gasteiger partial charge in [0, 0.05) is 6.42 Å². The molecule has 3 N–H and O–H groups in total. The molecule has 0 aliphatic rings. The summed E-state index contributed by atoms with van der Waals surface area (Å²) in [5, 5.41) is 2.58. The third-order valence-electron chi connectivity index (χ3n) is 3.42. The van der Waals surface area contributed by atoms with Gasteiger partial charge in [0.05, 0.1) is 11.3 Å². The lowest BCUT2D eigenvalue weighted by atomic mass is 10.1. The fraction of sp³-hybridized carbons (Fsp3) is 0.176. The lowest BCUT2D eigenvalue weighted by molar-refractivity contribution is -0.116. The summed E-state index contributed by atoms with van der Waals surface area (Å²) in [4.78, 5) is 23.5. The third-order valence-corrected chi connectivity index (χ3v) is 3.42. The van der Waals surface area contributed by atoms with E-state index in [0.29, 0.717) is 11.3 Å². The average molecular weight is 318 g/mol. The molecule has 2 amide bonds. The molecule has 0 radical (unpaired) electrons. The molecule has 0 saturated heterocycles. The van der Waals surface area contributed by atoms with E-state index in [1.54, 1.807) is 25.1 Å². The molecule has 2 aromatic carbocycles. The van der Waals surface area contributed by atoms with Crippen LogP contribution in [0.5, 0.6) is 0 Å². The topological polar surface area (TPSA) is 72.2 Å². The molecule has 0 bridgehead atoms. The van der Waals surface area contributed by atoms with E-state index in [1.807, 2.05) is 0 Å². The first-order chi connectivity index (χ1) is 10.9. The van der Waals surface area contributed by atoms with Gasteiger partial charge in [-0.3, -0.25) is 9.59 Å². The number of nitrogens with two attached hydrogens (primary N) is 1. The van der Waals surface area contributed by atoms with E-state index >= 15 is 0 Å². The highest BCUT2D eigenvalue weighted by Gasteiger charge is 2.14. The monoisotopic (exact) mass is 318 g/mol. The Morgan fingerprint density at radius 3 is 2.61 bits per heavy atom. The molecular formula is C17H16F2N2O2. The number of primary amides is 1. The molecule has 6 heteroatoms. The first-order valence-corrected chi connectivity index (χ1v) is 7.01. The number of benzene rings is 2. The largest absolute Gasteiger partial charge is 0.366 e. The van der Waals surface area contributed by atoms with Crippen LogP contribution in [0.15, 0.2) is 36.4 Å². The van der Waals surface area contributed by atoms with Gasteiger partial charge in [0.25, 0.3) is 5.91 Å². The van der Waals surface area contributed by atoms with E-state index in [-0.39, 0.29) is 24.0 Å². The van der Waals surface area contributed by atoms with Gasteiger partial charge in [0.1, 0.15) is 11.6 Å². The molecule has 0 aliphatic heterocycles. The van der Waals surface area contributed by atoms with Crippen molar-refractivity contribution in [3.05, 3.63) is 64.7 Å². The molecule has 0 aromatic heterocycles. The van der Waals surface area contributed by atoms with Crippen LogP contribution in [0.2, 0.25) is 0 Å². The lowest BCUT2D eigenvalue weighted by Crippen LogP contribution is -2.19. The predicted molar refractivity (Wildman–Crippen MR) is 83.0 cm³/mol. The van der Waals surface area contributed by atoms with Gasteiger partial charge in [0.15, 0.2) is 0 Å². The fourth-order valence-corrected chi connectivity index (χ4v) is 2.29. The van der Waals surface area contributed by atoms with Crippen LogP contribution < -0.4 is 11.1 Å². The van der Waals surface area contributed by atoms with Gasteiger partial charge in [-0.2, -0.15) is 0 Å². The van der Waals surface area contributed by atoms with Crippen molar-refractivity contribution in [3.63, 3.8) is 0 Å². The second-order valence-electron chi connectivity index (χ2n) is 5.15. The standard InChI is InChI=1S/C17H16F2N2O2/c1-10-3-2-4-14(16(10)17(20)23)21-15(22)8-5-11-9-12(18)6-7-13(11)19/h2-4,6-7,9H,5,8H2,1H3,(H2,20,23)(H,21,22). The maximum absolute atomic E-state index is 13.5. The molecule has 0 aliphatic carbocycles. The Kier molecular flexibility index (Phi) is 5.05. The zero-order chi connectivity index (χ0) is 17.0. The van der Waals surface area contributed by atoms with E-state index in [1.165, 1.54) is 0 Å². The zero-order valence-electron chi connectivity index (χ0n) is 12.5. The quantitative estimate of drug-likeness (QED) is 0.889. The lowest BCUT2D eigenvalue weighted by Gasteiger charge is -2.11. The molecule has 4 nitrogen and oxygen atoms in total. The minimum atomic E-state index is -0.644. The second-order valence-corrected chi connectivity index (χ2v) is 5.15. The number of halogens is 2. The number of nitrogens with one attached hydrogen (secondary N) is 1. The molecule has 2 rings (SSSR count). The highest BCUT2D eigenvalue weighted by atomic mass is 19.1. The summed E-state index contributed by atoms with van der Waals surface area (Å²) >= 11 is 0. The van der Waals surface area contributed by atoms with Crippen LogP contribution in [0, 0.1) is 18.6 Å². The van der Waals surface area contributed by atoms with Crippen molar-refractivity contribution in [3.8, 4) is 0 Å². The highest BCUT2D eigenvalue weighted by molar-refractivity contribution is 6.04. The Morgan fingerprint density at radius 2 is 1.91 bits per heavy atom. The summed E-state index contributed by atoms with van der Waals surface area (Å²) < 4.78 is 26.6. The molecule has 2 aromatic rings. The Hall–Kier alpha value is -2.76. The van der Waals surface area contributed by atoms with Crippen LogP contribution in [0.3, 0.4) is 0 Å². The molecule has 0 atom stereocenters. The van der Waals surface area contributed by atoms with Crippen LogP contribution in [0.4, 0.5) is 14.5 Å². The summed E-state index contributed by atoms with van der Waals surface area (Å²) in [5.74, 6) is -2.18. The SMILES string of the molecule is Cc1cccc(NC(=O)CCc2cc(F)ccc2F)c1C(N)=O. The predicted octanol–water partition coefficient (Wildman–Crippen LogP) is 2.94. The minimum Gasteiger partial charge on any atom is -0.366 e. The summed E-state index contributed by atoms with van der Waals surface area (Å²) in [6, 6.07) is 8.05. The summed E-state index contributed by atoms with van der Waals surface area (Å²) in [6.45, 7) is 1.71. The van der Waals surface area contributed by atoms with E-state index in [9.17, 15) is 18.4 Å². The summed E-state index contributed by atoms with van der Waals surface area (Å²) in [5.41, 5.74) is 6.62. The number of anilines is 1. The third kappa shape index (κ3) is 4.12. The second kappa shape index (κ2) is 7.00. The van der Waals surface area contributed by atoms with Crippen LogP contribution in [0.1, 0.15) is 27.9 Å². The molecular weight excluding hydrogens is 302 g/mol.